The van der Waals surface area contributed by atoms with Crippen LogP contribution in [0.25, 0.3) is 0 Å². The van der Waals surface area contributed by atoms with Crippen LogP contribution in [0.15, 0.2) is 24.3 Å². The van der Waals surface area contributed by atoms with E-state index in [0.717, 1.165) is 18.5 Å². The van der Waals surface area contributed by atoms with E-state index in [1.165, 1.54) is 0 Å². The molecule has 1 saturated carbocycles. The summed E-state index contributed by atoms with van der Waals surface area (Å²) in [7, 11) is 0. The monoisotopic (exact) mass is 204 g/mol. The zero-order valence-electron chi connectivity index (χ0n) is 8.27. The molecule has 1 aliphatic heterocycles. The smallest absolute Gasteiger partial charge is 0.415 e. The van der Waals surface area contributed by atoms with Gasteiger partial charge >= 0.3 is 6.09 Å². The molecular weight excluding hydrogens is 192 g/mol. The summed E-state index contributed by atoms with van der Waals surface area (Å²) < 4.78 is 5.08. The van der Waals surface area contributed by atoms with Crippen LogP contribution in [0.5, 0.6) is 0 Å². The van der Waals surface area contributed by atoms with Gasteiger partial charge in [0.05, 0.1) is 5.54 Å². The Morgan fingerprint density at radius 3 is 2.87 bits per heavy atom. The van der Waals surface area contributed by atoms with Crippen molar-refractivity contribution < 1.29 is 9.53 Å². The summed E-state index contributed by atoms with van der Waals surface area (Å²) >= 11 is 0. The Labute approximate surface area is 87.6 Å². The molecule has 1 aliphatic carbocycles. The van der Waals surface area contributed by atoms with Crippen molar-refractivity contribution in [2.24, 2.45) is 0 Å². The fraction of sp³-hybridized carbons (Fsp3) is 0.364. The van der Waals surface area contributed by atoms with Gasteiger partial charge in [-0.05, 0) is 31.0 Å². The first-order valence-corrected chi connectivity index (χ1v) is 5.04. The van der Waals surface area contributed by atoms with Gasteiger partial charge in [0.15, 0.2) is 0 Å². The van der Waals surface area contributed by atoms with Crippen LogP contribution in [0.3, 0.4) is 0 Å². The first-order valence-electron chi connectivity index (χ1n) is 5.04. The second kappa shape index (κ2) is 2.66. The number of hydrogen-bond acceptors (Lipinski definition) is 3. The maximum atomic E-state index is 11.6. The summed E-state index contributed by atoms with van der Waals surface area (Å²) in [4.78, 5) is 13.3. The van der Waals surface area contributed by atoms with E-state index in [9.17, 15) is 4.79 Å². The van der Waals surface area contributed by atoms with Crippen LogP contribution in [0.2, 0.25) is 0 Å². The minimum atomic E-state index is -0.252. The van der Waals surface area contributed by atoms with Gasteiger partial charge in [-0.3, -0.25) is 4.90 Å². The molecule has 4 nitrogen and oxygen atoms in total. The van der Waals surface area contributed by atoms with Gasteiger partial charge in [-0.2, -0.15) is 0 Å². The van der Waals surface area contributed by atoms with Gasteiger partial charge in [0.2, 0.25) is 0 Å². The lowest BCUT2D eigenvalue weighted by molar-refractivity contribution is 0.178. The summed E-state index contributed by atoms with van der Waals surface area (Å²) in [6.07, 6.45) is 1.79. The van der Waals surface area contributed by atoms with Gasteiger partial charge in [-0.1, -0.05) is 6.07 Å². The third-order valence-electron chi connectivity index (χ3n) is 3.08. The van der Waals surface area contributed by atoms with Crippen LogP contribution in [0.4, 0.5) is 16.2 Å². The number of carbonyl (C=O) groups excluding carboxylic acids is 1. The second-order valence-electron chi connectivity index (χ2n) is 4.21. The van der Waals surface area contributed by atoms with Gasteiger partial charge in [0.25, 0.3) is 0 Å². The van der Waals surface area contributed by atoms with Crippen molar-refractivity contribution in [2.75, 3.05) is 17.2 Å². The number of cyclic esters (lactones) is 1. The van der Waals surface area contributed by atoms with E-state index in [-0.39, 0.29) is 11.6 Å². The minimum absolute atomic E-state index is 0.0646. The van der Waals surface area contributed by atoms with Crippen molar-refractivity contribution in [1.29, 1.82) is 0 Å². The van der Waals surface area contributed by atoms with E-state index in [0.29, 0.717) is 12.3 Å². The highest BCUT2D eigenvalue weighted by Gasteiger charge is 2.57. The molecule has 15 heavy (non-hydrogen) atoms. The van der Waals surface area contributed by atoms with Crippen LogP contribution >= 0.6 is 0 Å². The molecule has 4 heteroatoms. The van der Waals surface area contributed by atoms with E-state index >= 15 is 0 Å². The van der Waals surface area contributed by atoms with Crippen molar-refractivity contribution in [2.45, 2.75) is 18.4 Å². The van der Waals surface area contributed by atoms with Crippen molar-refractivity contribution in [1.82, 2.24) is 0 Å². The third kappa shape index (κ3) is 1.17. The molecular formula is C11H12N2O2. The highest BCUT2D eigenvalue weighted by atomic mass is 16.6. The summed E-state index contributed by atoms with van der Waals surface area (Å²) in [5, 5.41) is 0. The number of rotatable bonds is 1. The predicted octanol–water partition coefficient (Wildman–Crippen LogP) is 1.76. The largest absolute Gasteiger partial charge is 0.447 e. The number of nitrogens with two attached hydrogens (primary N) is 1. The molecule has 0 atom stereocenters. The van der Waals surface area contributed by atoms with Crippen LogP contribution in [-0.4, -0.2) is 18.2 Å². The van der Waals surface area contributed by atoms with Gasteiger partial charge in [-0.25, -0.2) is 4.79 Å². The zero-order valence-corrected chi connectivity index (χ0v) is 8.27. The lowest BCUT2D eigenvalue weighted by atomic mass is 10.2. The van der Waals surface area contributed by atoms with Crippen LogP contribution in [-0.2, 0) is 4.74 Å². The molecule has 1 aromatic rings. The summed E-state index contributed by atoms with van der Waals surface area (Å²) in [5.74, 6) is 0. The topological polar surface area (TPSA) is 55.6 Å². The fourth-order valence-corrected chi connectivity index (χ4v) is 2.07. The van der Waals surface area contributed by atoms with Crippen LogP contribution in [0.1, 0.15) is 12.8 Å². The molecule has 1 aromatic carbocycles. The Bertz CT molecular complexity index is 426. The van der Waals surface area contributed by atoms with Crippen molar-refractivity contribution in [3.05, 3.63) is 24.3 Å². The minimum Gasteiger partial charge on any atom is -0.447 e. The number of benzene rings is 1. The average molecular weight is 204 g/mol. The van der Waals surface area contributed by atoms with Crippen molar-refractivity contribution in [3.63, 3.8) is 0 Å². The Balaban J connectivity index is 2.02. The molecule has 3 rings (SSSR count). The highest BCUT2D eigenvalue weighted by Crippen LogP contribution is 2.48. The second-order valence-corrected chi connectivity index (χ2v) is 4.21. The molecule has 1 spiro atoms. The summed E-state index contributed by atoms with van der Waals surface area (Å²) in [6.45, 7) is 0.515. The molecule has 78 valence electrons. The van der Waals surface area contributed by atoms with Crippen LogP contribution < -0.4 is 10.6 Å². The number of hydrogen-bond donors (Lipinski definition) is 1. The van der Waals surface area contributed by atoms with Crippen molar-refractivity contribution in [3.8, 4) is 0 Å². The number of carbonyl (C=O) groups is 1. The summed E-state index contributed by atoms with van der Waals surface area (Å²) in [5.41, 5.74) is 7.15. The third-order valence-corrected chi connectivity index (χ3v) is 3.08. The summed E-state index contributed by atoms with van der Waals surface area (Å²) in [6, 6.07) is 7.37. The van der Waals surface area contributed by atoms with E-state index < -0.39 is 0 Å². The maximum absolute atomic E-state index is 11.6. The number of amides is 1. The van der Waals surface area contributed by atoms with Gasteiger partial charge < -0.3 is 10.5 Å². The molecule has 0 bridgehead atoms. The van der Waals surface area contributed by atoms with Gasteiger partial charge in [0, 0.05) is 11.4 Å². The van der Waals surface area contributed by atoms with Crippen LogP contribution in [0, 0.1) is 0 Å². The van der Waals surface area contributed by atoms with Gasteiger partial charge in [0.1, 0.15) is 6.61 Å². The molecule has 0 radical (unpaired) electrons. The van der Waals surface area contributed by atoms with E-state index in [1.54, 1.807) is 4.90 Å². The first kappa shape index (κ1) is 8.59. The van der Waals surface area contributed by atoms with Gasteiger partial charge in [-0.15, -0.1) is 0 Å². The Morgan fingerprint density at radius 1 is 1.40 bits per heavy atom. The molecule has 0 aromatic heterocycles. The Hall–Kier alpha value is -1.71. The number of anilines is 2. The maximum Gasteiger partial charge on any atom is 0.415 e. The number of nitrogens with zero attached hydrogens (tertiary/aromatic N) is 1. The normalized spacial score (nSPS) is 21.9. The fourth-order valence-electron chi connectivity index (χ4n) is 2.07. The standard InChI is InChI=1S/C11H12N2O2/c12-8-2-1-3-9(6-8)13-10(14)15-7-11(13)4-5-11/h1-3,6H,4-5,7,12H2. The first-order chi connectivity index (χ1) is 7.21. The molecule has 1 amide bonds. The Morgan fingerprint density at radius 2 is 2.20 bits per heavy atom. The zero-order chi connectivity index (χ0) is 10.5. The SMILES string of the molecule is Nc1cccc(N2C(=O)OCC23CC3)c1. The molecule has 2 fully saturated rings. The average Bonchev–Trinajstić information content (AvgIpc) is 2.88. The lowest BCUT2D eigenvalue weighted by Crippen LogP contribution is -2.35. The molecule has 1 saturated heterocycles. The quantitative estimate of drug-likeness (QED) is 0.709. The van der Waals surface area contributed by atoms with E-state index in [4.69, 9.17) is 10.5 Å². The number of ether oxygens (including phenoxy) is 1. The Kier molecular flexibility index (Phi) is 1.52. The molecule has 0 unspecified atom stereocenters. The molecule has 1 heterocycles. The highest BCUT2D eigenvalue weighted by molar-refractivity contribution is 5.93. The lowest BCUT2D eigenvalue weighted by Gasteiger charge is -2.20. The number of nitrogen functional groups attached to an aromatic ring is 1. The predicted molar refractivity (Wildman–Crippen MR) is 56.6 cm³/mol. The van der Waals surface area contributed by atoms with Crippen molar-refractivity contribution >= 4 is 17.5 Å². The van der Waals surface area contributed by atoms with E-state index in [1.807, 2.05) is 24.3 Å². The van der Waals surface area contributed by atoms with E-state index in [2.05, 4.69) is 0 Å². The molecule has 2 N–H and O–H groups in total. The molecule has 2 aliphatic rings.